The van der Waals surface area contributed by atoms with Gasteiger partial charge in [-0.05, 0) is 62.1 Å². The quantitative estimate of drug-likeness (QED) is 0.378. The summed E-state index contributed by atoms with van der Waals surface area (Å²) in [7, 11) is 0. The molecule has 2 aliphatic rings. The number of carboxylic acids is 1. The molecule has 0 bridgehead atoms. The second-order valence-electron chi connectivity index (χ2n) is 10.2. The molecule has 0 aliphatic carbocycles. The van der Waals surface area contributed by atoms with Crippen molar-refractivity contribution in [2.45, 2.75) is 45.7 Å². The fourth-order valence-corrected chi connectivity index (χ4v) is 5.94. The Balaban J connectivity index is 1.61. The number of piperazine rings is 1. The van der Waals surface area contributed by atoms with Crippen molar-refractivity contribution in [3.05, 3.63) is 46.5 Å². The molecule has 1 fully saturated rings. The Labute approximate surface area is 231 Å². The number of aliphatic carboxylic acids is 1. The lowest BCUT2D eigenvalue weighted by Gasteiger charge is -2.37. The van der Waals surface area contributed by atoms with Crippen molar-refractivity contribution < 1.29 is 27.8 Å². The van der Waals surface area contributed by atoms with Gasteiger partial charge in [-0.25, -0.2) is 15.3 Å². The summed E-state index contributed by atoms with van der Waals surface area (Å²) in [4.78, 5) is 19.2. The number of benzene rings is 2. The van der Waals surface area contributed by atoms with Crippen molar-refractivity contribution in [2.75, 3.05) is 24.5 Å². The molecule has 0 radical (unpaired) electrons. The minimum atomic E-state index is -4.61. The molecule has 5 rings (SSSR count). The van der Waals surface area contributed by atoms with E-state index in [1.54, 1.807) is 32.9 Å². The van der Waals surface area contributed by atoms with Crippen LogP contribution in [0.1, 0.15) is 38.0 Å². The first-order valence-electron chi connectivity index (χ1n) is 12.0. The number of alkyl halides is 3. The summed E-state index contributed by atoms with van der Waals surface area (Å²) in [6.45, 7) is 7.65. The van der Waals surface area contributed by atoms with Gasteiger partial charge in [-0.3, -0.25) is 5.01 Å². The molecular weight excluding hydrogens is 557 g/mol. The molecule has 9 nitrogen and oxygen atoms in total. The number of hydrazine groups is 2. The average molecular weight is 583 g/mol. The molecule has 0 saturated carbocycles. The van der Waals surface area contributed by atoms with Crippen LogP contribution in [0.3, 0.4) is 0 Å². The molecule has 1 atom stereocenters. The van der Waals surface area contributed by atoms with Gasteiger partial charge in [0.15, 0.2) is 17.1 Å². The molecule has 1 aromatic heterocycles. The first kappa shape index (κ1) is 27.4. The number of carbonyl (C=O) groups is 1. The number of hydrogen-bond acceptors (Lipinski definition) is 9. The van der Waals surface area contributed by atoms with Crippen LogP contribution < -0.4 is 10.4 Å². The van der Waals surface area contributed by atoms with Crippen molar-refractivity contribution in [2.24, 2.45) is 5.10 Å². The van der Waals surface area contributed by atoms with Crippen molar-refractivity contribution in [1.82, 2.24) is 20.6 Å². The number of fused-ring (bicyclic) bond motifs is 2. The molecule has 0 amide bonds. The molecule has 14 heteroatoms. The highest BCUT2D eigenvalue weighted by Crippen LogP contribution is 2.44. The summed E-state index contributed by atoms with van der Waals surface area (Å²) in [6, 6.07) is 8.92. The van der Waals surface area contributed by atoms with E-state index in [1.165, 1.54) is 11.3 Å². The minimum absolute atomic E-state index is 0.0517. The number of anilines is 1. The molecule has 3 aromatic rings. The maximum absolute atomic E-state index is 13.3. The van der Waals surface area contributed by atoms with Gasteiger partial charge in [0.1, 0.15) is 0 Å². The van der Waals surface area contributed by atoms with Crippen molar-refractivity contribution >= 4 is 50.1 Å². The van der Waals surface area contributed by atoms with Crippen LogP contribution in [0.2, 0.25) is 5.02 Å². The van der Waals surface area contributed by atoms with E-state index in [9.17, 15) is 23.1 Å². The molecule has 0 spiro atoms. The second kappa shape index (κ2) is 9.81. The Morgan fingerprint density at radius 3 is 2.51 bits per heavy atom. The standard InChI is InChI=1S/C25H26ClF3N6O3S/c1-13-11-16-21(39-23(30-16)33-9-10-34-17(12-33)31-32-35(34)25(27,28)29)19(14-5-7-15(26)8-6-14)18(13)20(22(36)37)38-24(2,3)4/h5-8,11,20,32H,9-10,12H2,1-4H3,(H,36,37)/t20-/m0/s1. The smallest absolute Gasteiger partial charge is 0.479 e. The number of nitrogens with one attached hydrogen (secondary N) is 1. The zero-order valence-electron chi connectivity index (χ0n) is 21.5. The van der Waals surface area contributed by atoms with E-state index in [2.05, 4.69) is 5.10 Å². The number of hydrogen-bond donors (Lipinski definition) is 2. The fourth-order valence-electron chi connectivity index (χ4n) is 4.66. The van der Waals surface area contributed by atoms with Crippen LogP contribution in [0.4, 0.5) is 18.3 Å². The first-order chi connectivity index (χ1) is 18.2. The van der Waals surface area contributed by atoms with E-state index in [4.69, 9.17) is 21.3 Å². The third kappa shape index (κ3) is 5.36. The van der Waals surface area contributed by atoms with Gasteiger partial charge in [-0.2, -0.15) is 13.2 Å². The number of thiazole rings is 1. The van der Waals surface area contributed by atoms with Gasteiger partial charge in [0.2, 0.25) is 0 Å². The largest absolute Gasteiger partial charge is 0.497 e. The number of amidine groups is 1. The summed E-state index contributed by atoms with van der Waals surface area (Å²) < 4.78 is 46.6. The average Bonchev–Trinajstić information content (AvgIpc) is 3.45. The molecule has 1 saturated heterocycles. The highest BCUT2D eigenvalue weighted by molar-refractivity contribution is 7.22. The molecular formula is C25H26ClF3N6O3S. The predicted molar refractivity (Wildman–Crippen MR) is 143 cm³/mol. The molecule has 39 heavy (non-hydrogen) atoms. The number of aromatic nitrogens is 1. The third-order valence-corrected chi connectivity index (χ3v) is 7.65. The van der Waals surface area contributed by atoms with Crippen molar-refractivity contribution in [3.8, 4) is 11.1 Å². The SMILES string of the molecule is Cc1cc2nc(N3CCN4C(=NNN4C(F)(F)F)C3)sc2c(-c2ccc(Cl)cc2)c1[C@H](OC(C)(C)C)C(=O)O. The number of rotatable bonds is 5. The van der Waals surface area contributed by atoms with Crippen LogP contribution in [0.15, 0.2) is 35.4 Å². The topological polar surface area (TPSA) is 93.5 Å². The van der Waals surface area contributed by atoms with Crippen molar-refractivity contribution in [3.63, 3.8) is 0 Å². The van der Waals surface area contributed by atoms with Crippen LogP contribution in [-0.4, -0.2) is 63.6 Å². The zero-order chi connectivity index (χ0) is 28.3. The predicted octanol–water partition coefficient (Wildman–Crippen LogP) is 5.56. The van der Waals surface area contributed by atoms with E-state index in [-0.39, 0.29) is 30.6 Å². The van der Waals surface area contributed by atoms with Gasteiger partial charge in [0, 0.05) is 22.7 Å². The van der Waals surface area contributed by atoms with E-state index in [0.29, 0.717) is 32.4 Å². The number of halogens is 4. The Morgan fingerprint density at radius 2 is 1.90 bits per heavy atom. The van der Waals surface area contributed by atoms with E-state index >= 15 is 0 Å². The summed E-state index contributed by atoms with van der Waals surface area (Å²) in [5, 5.41) is 16.3. The number of ether oxygens (including phenoxy) is 1. The van der Waals surface area contributed by atoms with E-state index in [1.807, 2.05) is 35.6 Å². The van der Waals surface area contributed by atoms with Gasteiger partial charge in [0.05, 0.1) is 28.9 Å². The minimum Gasteiger partial charge on any atom is -0.479 e. The molecule has 0 unspecified atom stereocenters. The van der Waals surface area contributed by atoms with Gasteiger partial charge < -0.3 is 14.7 Å². The normalized spacial score (nSPS) is 17.3. The van der Waals surface area contributed by atoms with Gasteiger partial charge in [0.25, 0.3) is 0 Å². The monoisotopic (exact) mass is 582 g/mol. The number of hydrazone groups is 1. The van der Waals surface area contributed by atoms with Crippen LogP contribution in [-0.2, 0) is 9.53 Å². The number of aryl methyl sites for hydroxylation is 1. The van der Waals surface area contributed by atoms with Crippen LogP contribution in [0, 0.1) is 6.92 Å². The lowest BCUT2D eigenvalue weighted by atomic mass is 9.91. The Bertz CT molecular complexity index is 1450. The summed E-state index contributed by atoms with van der Waals surface area (Å²) in [5.41, 5.74) is 4.56. The highest BCUT2D eigenvalue weighted by Gasteiger charge is 2.47. The molecule has 3 heterocycles. The van der Waals surface area contributed by atoms with Crippen LogP contribution in [0.25, 0.3) is 21.3 Å². The van der Waals surface area contributed by atoms with E-state index < -0.39 is 24.0 Å². The Kier molecular flexibility index (Phi) is 6.90. The van der Waals surface area contributed by atoms with Crippen LogP contribution >= 0.6 is 22.9 Å². The summed E-state index contributed by atoms with van der Waals surface area (Å²) in [5.74, 6) is -0.901. The summed E-state index contributed by atoms with van der Waals surface area (Å²) in [6.07, 6.45) is -5.86. The molecule has 2 aromatic carbocycles. The molecule has 2 aliphatic heterocycles. The van der Waals surface area contributed by atoms with Crippen LogP contribution in [0.5, 0.6) is 0 Å². The van der Waals surface area contributed by atoms with Crippen molar-refractivity contribution in [1.29, 1.82) is 0 Å². The Hall–Kier alpha value is -3.13. The first-order valence-corrected chi connectivity index (χ1v) is 13.2. The van der Waals surface area contributed by atoms with Gasteiger partial charge in [-0.15, -0.1) is 5.10 Å². The lowest BCUT2D eigenvalue weighted by Crippen LogP contribution is -2.59. The van der Waals surface area contributed by atoms with E-state index in [0.717, 1.165) is 15.3 Å². The third-order valence-electron chi connectivity index (χ3n) is 6.25. The maximum Gasteiger partial charge on any atom is 0.497 e. The highest BCUT2D eigenvalue weighted by atomic mass is 35.5. The van der Waals surface area contributed by atoms with Gasteiger partial charge >= 0.3 is 12.3 Å². The maximum atomic E-state index is 13.3. The van der Waals surface area contributed by atoms with Gasteiger partial charge in [-0.1, -0.05) is 35.1 Å². The molecule has 2 N–H and O–H groups in total. The lowest BCUT2D eigenvalue weighted by molar-refractivity contribution is -0.312. The second-order valence-corrected chi connectivity index (χ2v) is 11.6. The fraction of sp³-hybridized carbons (Fsp3) is 0.400. The number of carboxylic acid groups (broad SMARTS) is 1. The number of nitrogens with zero attached hydrogens (tertiary/aromatic N) is 5. The Morgan fingerprint density at radius 1 is 1.21 bits per heavy atom. The summed E-state index contributed by atoms with van der Waals surface area (Å²) >= 11 is 7.49. The molecule has 208 valence electrons. The zero-order valence-corrected chi connectivity index (χ0v) is 23.1.